The first kappa shape index (κ1) is 23.1. The van der Waals surface area contributed by atoms with Crippen LogP contribution in [-0.2, 0) is 9.09 Å². The summed E-state index contributed by atoms with van der Waals surface area (Å²) >= 11 is 0. The Morgan fingerprint density at radius 2 is 1.17 bits per heavy atom. The molecule has 0 rings (SSSR count). The maximum absolute atomic E-state index is 10.5. The molecule has 4 heteroatoms. The van der Waals surface area contributed by atoms with Crippen LogP contribution in [0.1, 0.15) is 110 Å². The molecule has 3 nitrogen and oxygen atoms in total. The van der Waals surface area contributed by atoms with Crippen LogP contribution >= 0.6 is 8.25 Å². The van der Waals surface area contributed by atoms with Crippen molar-refractivity contribution < 1.29 is 14.0 Å². The fourth-order valence-corrected chi connectivity index (χ4v) is 3.41. The average Bonchev–Trinajstić information content (AvgIpc) is 2.53. The minimum atomic E-state index is -2.74. The molecule has 0 aliphatic heterocycles. The zero-order valence-electron chi connectivity index (χ0n) is 15.7. The third kappa shape index (κ3) is 20.1. The molecule has 2 atom stereocenters. The van der Waals surface area contributed by atoms with Crippen LogP contribution in [0.15, 0.2) is 0 Å². The second-order valence-electron chi connectivity index (χ2n) is 7.07. The van der Waals surface area contributed by atoms with Gasteiger partial charge in [0.15, 0.2) is 0 Å². The van der Waals surface area contributed by atoms with Gasteiger partial charge in [-0.1, -0.05) is 104 Å². The van der Waals surface area contributed by atoms with Crippen molar-refractivity contribution in [3.05, 3.63) is 0 Å². The summed E-state index contributed by atoms with van der Waals surface area (Å²) in [4.78, 5) is 8.62. The van der Waals surface area contributed by atoms with Crippen LogP contribution in [0.4, 0.5) is 0 Å². The molecule has 0 fully saturated rings. The van der Waals surface area contributed by atoms with Gasteiger partial charge in [-0.25, -0.2) is 0 Å². The summed E-state index contributed by atoms with van der Waals surface area (Å²) in [7, 11) is -2.74. The van der Waals surface area contributed by atoms with Crippen LogP contribution in [0.2, 0.25) is 0 Å². The summed E-state index contributed by atoms with van der Waals surface area (Å²) in [6.07, 6.45) is 20.4. The lowest BCUT2D eigenvalue weighted by molar-refractivity contribution is 0.231. The van der Waals surface area contributed by atoms with Crippen LogP contribution in [0, 0.1) is 5.92 Å². The molecule has 23 heavy (non-hydrogen) atoms. The van der Waals surface area contributed by atoms with Crippen molar-refractivity contribution in [1.29, 1.82) is 0 Å². The third-order valence-electron chi connectivity index (χ3n) is 4.54. The molecule has 0 spiro atoms. The molecule has 0 amide bonds. The highest BCUT2D eigenvalue weighted by atomic mass is 31.1. The summed E-state index contributed by atoms with van der Waals surface area (Å²) < 4.78 is 15.2. The van der Waals surface area contributed by atoms with Gasteiger partial charge in [0.25, 0.3) is 0 Å². The van der Waals surface area contributed by atoms with E-state index in [4.69, 9.17) is 9.42 Å². The fraction of sp³-hybridized carbons (Fsp3) is 1.00. The van der Waals surface area contributed by atoms with E-state index < -0.39 is 8.25 Å². The van der Waals surface area contributed by atoms with Crippen LogP contribution in [0.25, 0.3) is 0 Å². The second-order valence-corrected chi connectivity index (χ2v) is 7.89. The number of hydrogen-bond donors (Lipinski definition) is 1. The summed E-state index contributed by atoms with van der Waals surface area (Å²) in [5.41, 5.74) is 0. The molecule has 140 valence electrons. The molecule has 0 aliphatic rings. The topological polar surface area (TPSA) is 46.5 Å². The molecule has 0 aromatic heterocycles. The molecule has 1 N–H and O–H groups in total. The first-order valence-electron chi connectivity index (χ1n) is 10.0. The Morgan fingerprint density at radius 1 is 0.783 bits per heavy atom. The highest BCUT2D eigenvalue weighted by Gasteiger charge is 2.03. The number of unbranched alkanes of at least 4 members (excludes halogenated alkanes) is 13. The zero-order chi connectivity index (χ0) is 17.2. The predicted octanol–water partition coefficient (Wildman–Crippen LogP) is 6.89. The maximum atomic E-state index is 10.5. The maximum Gasteiger partial charge on any atom is 0.316 e. The third-order valence-corrected chi connectivity index (χ3v) is 4.96. The van der Waals surface area contributed by atoms with Gasteiger partial charge in [0.1, 0.15) is 0 Å². The van der Waals surface area contributed by atoms with Crippen LogP contribution in [-0.4, -0.2) is 11.5 Å². The SMILES string of the molecule is CCCCCCCCCCCCCCCCC(C)CO[PH](=O)O. The zero-order valence-corrected chi connectivity index (χ0v) is 16.7. The van der Waals surface area contributed by atoms with E-state index in [-0.39, 0.29) is 0 Å². The van der Waals surface area contributed by atoms with Gasteiger partial charge < -0.3 is 9.42 Å². The minimum absolute atomic E-state index is 0.397. The molecule has 2 unspecified atom stereocenters. The first-order valence-corrected chi connectivity index (χ1v) is 11.3. The van der Waals surface area contributed by atoms with Crippen LogP contribution < -0.4 is 0 Å². The van der Waals surface area contributed by atoms with E-state index in [9.17, 15) is 4.57 Å². The van der Waals surface area contributed by atoms with E-state index in [0.717, 1.165) is 6.42 Å². The van der Waals surface area contributed by atoms with Crippen molar-refractivity contribution in [3.8, 4) is 0 Å². The average molecular weight is 349 g/mol. The summed E-state index contributed by atoms with van der Waals surface area (Å²) in [5.74, 6) is 0.397. The Balaban J connectivity index is 3.09. The molecule has 0 aliphatic carbocycles. The van der Waals surface area contributed by atoms with Gasteiger partial charge in [0.05, 0.1) is 6.61 Å². The number of hydrogen-bond acceptors (Lipinski definition) is 2. The van der Waals surface area contributed by atoms with Gasteiger partial charge >= 0.3 is 8.25 Å². The minimum Gasteiger partial charge on any atom is -0.326 e. The highest BCUT2D eigenvalue weighted by molar-refractivity contribution is 7.32. The normalized spacial score (nSPS) is 14.0. The summed E-state index contributed by atoms with van der Waals surface area (Å²) in [5, 5.41) is 0. The molecule has 0 saturated carbocycles. The fourth-order valence-electron chi connectivity index (χ4n) is 2.98. The van der Waals surface area contributed by atoms with Gasteiger partial charge in [-0.05, 0) is 12.3 Å². The van der Waals surface area contributed by atoms with E-state index in [1.54, 1.807) is 0 Å². The first-order chi connectivity index (χ1) is 11.2. The summed E-state index contributed by atoms with van der Waals surface area (Å²) in [6, 6.07) is 0. The van der Waals surface area contributed by atoms with Gasteiger partial charge in [0.2, 0.25) is 0 Å². The van der Waals surface area contributed by atoms with Crippen molar-refractivity contribution in [2.24, 2.45) is 5.92 Å². The van der Waals surface area contributed by atoms with Crippen molar-refractivity contribution in [2.45, 2.75) is 110 Å². The molecule has 0 saturated heterocycles. The molecular formula is C19H41O3P. The largest absolute Gasteiger partial charge is 0.326 e. The molecule has 0 aromatic rings. The Labute approximate surface area is 145 Å². The van der Waals surface area contributed by atoms with Gasteiger partial charge in [-0.3, -0.25) is 4.57 Å². The predicted molar refractivity (Wildman–Crippen MR) is 101 cm³/mol. The highest BCUT2D eigenvalue weighted by Crippen LogP contribution is 2.19. The van der Waals surface area contributed by atoms with Gasteiger partial charge in [-0.2, -0.15) is 0 Å². The van der Waals surface area contributed by atoms with E-state index in [0.29, 0.717) is 12.5 Å². The van der Waals surface area contributed by atoms with Crippen molar-refractivity contribution in [3.63, 3.8) is 0 Å². The lowest BCUT2D eigenvalue weighted by atomic mass is 10.0. The van der Waals surface area contributed by atoms with E-state index >= 15 is 0 Å². The van der Waals surface area contributed by atoms with Gasteiger partial charge in [-0.15, -0.1) is 0 Å². The molecule has 0 bridgehead atoms. The van der Waals surface area contributed by atoms with E-state index in [2.05, 4.69) is 13.8 Å². The Kier molecular flexibility index (Phi) is 18.6. The monoisotopic (exact) mass is 348 g/mol. The molecular weight excluding hydrogens is 307 g/mol. The van der Waals surface area contributed by atoms with Crippen molar-refractivity contribution in [1.82, 2.24) is 0 Å². The van der Waals surface area contributed by atoms with E-state index in [1.807, 2.05) is 0 Å². The number of rotatable bonds is 18. The Hall–Kier alpha value is 0.150. The molecule has 0 heterocycles. The second kappa shape index (κ2) is 18.5. The smallest absolute Gasteiger partial charge is 0.316 e. The van der Waals surface area contributed by atoms with Gasteiger partial charge in [0, 0.05) is 0 Å². The van der Waals surface area contributed by atoms with Crippen molar-refractivity contribution >= 4 is 8.25 Å². The van der Waals surface area contributed by atoms with Crippen LogP contribution in [0.5, 0.6) is 0 Å². The molecule has 0 aromatic carbocycles. The lowest BCUT2D eigenvalue weighted by Gasteiger charge is -2.10. The Bertz CT molecular complexity index is 259. The van der Waals surface area contributed by atoms with E-state index in [1.165, 1.54) is 89.9 Å². The standard InChI is InChI=1S/C19H41O3P/c1-3-4-5-6-7-8-9-10-11-12-13-14-15-16-17-19(2)18-22-23(20)21/h19,23H,3-18H2,1-2H3,(H,20,21). The Morgan fingerprint density at radius 3 is 1.57 bits per heavy atom. The molecule has 0 radical (unpaired) electrons. The van der Waals surface area contributed by atoms with Crippen molar-refractivity contribution in [2.75, 3.05) is 6.61 Å². The summed E-state index contributed by atoms with van der Waals surface area (Å²) in [6.45, 7) is 4.79. The lowest BCUT2D eigenvalue weighted by Crippen LogP contribution is -2.02. The quantitative estimate of drug-likeness (QED) is 0.217. The van der Waals surface area contributed by atoms with Crippen LogP contribution in [0.3, 0.4) is 0 Å².